The van der Waals surface area contributed by atoms with Crippen LogP contribution in [0.1, 0.15) is 41.1 Å². The summed E-state index contributed by atoms with van der Waals surface area (Å²) in [5.41, 5.74) is -7.32. The van der Waals surface area contributed by atoms with Gasteiger partial charge in [-0.05, 0) is 77.1 Å². The summed E-state index contributed by atoms with van der Waals surface area (Å²) in [6, 6.07) is -27.3. The number of aromatic nitrogens is 2. The Morgan fingerprint density at radius 3 is 1.59 bits per heavy atom. The summed E-state index contributed by atoms with van der Waals surface area (Å²) in [5.74, 6) is 0. The molecule has 51 heavy (non-hydrogen) atoms. The van der Waals surface area contributed by atoms with Crippen molar-refractivity contribution in [1.82, 2.24) is 9.13 Å². The highest BCUT2D eigenvalue weighted by atomic mass is 32.1. The van der Waals surface area contributed by atoms with Crippen LogP contribution in [0.25, 0.3) is 97.4 Å². The standard InChI is InChI=1S/C48H30N2S/c1-3-13-31(14-4-1)35-25-28-46-47(38-19-9-12-22-45(38)51-46)48(35)50-42-21-11-8-18-37(42)40-30-33(24-27-44(40)50)32-23-26-43-39(29-32)36-17-7-10-20-41(36)49(43)34-15-5-2-6-16-34/h1-30H/i1D,2D,3D,4D,5D,6D,7D,8D,9D,10D,11D,12D,13D,14D,15D,16D,17D,18D,19D,20D,21D,22D,23D,24D,25D,26D,27D,28D,29D,30D. The van der Waals surface area contributed by atoms with Crippen LogP contribution in [0, 0.1) is 0 Å². The smallest absolute Gasteiger partial charge is 0.0645 e. The molecule has 0 saturated carbocycles. The van der Waals surface area contributed by atoms with Crippen molar-refractivity contribution >= 4 is 75.1 Å². The van der Waals surface area contributed by atoms with Crippen LogP contribution < -0.4 is 0 Å². The van der Waals surface area contributed by atoms with Crippen LogP contribution in [0.5, 0.6) is 0 Å². The fraction of sp³-hybridized carbons (Fsp3) is 0. The number of hydrogen-bond acceptors (Lipinski definition) is 1. The van der Waals surface area contributed by atoms with E-state index < -0.39 is 264 Å². The molecular weight excluding hydrogens is 637 g/mol. The predicted molar refractivity (Wildman–Crippen MR) is 219 cm³/mol. The molecule has 0 spiro atoms. The Labute approximate surface area is 340 Å². The van der Waals surface area contributed by atoms with E-state index in [9.17, 15) is 15.1 Å². The van der Waals surface area contributed by atoms with Gasteiger partial charge in [0.05, 0.1) is 68.9 Å². The Hall–Kier alpha value is -6.42. The summed E-state index contributed by atoms with van der Waals surface area (Å²) in [4.78, 5) is 0. The van der Waals surface area contributed by atoms with E-state index >= 15 is 0 Å². The van der Waals surface area contributed by atoms with Crippen LogP contribution in [0.3, 0.4) is 0 Å². The number of rotatable bonds is 4. The third kappa shape index (κ3) is 4.22. The van der Waals surface area contributed by atoms with Gasteiger partial charge in [-0.2, -0.15) is 0 Å². The van der Waals surface area contributed by atoms with Gasteiger partial charge >= 0.3 is 0 Å². The van der Waals surface area contributed by atoms with Crippen molar-refractivity contribution in [2.75, 3.05) is 0 Å². The molecule has 0 bridgehead atoms. The first-order valence-electron chi connectivity index (χ1n) is 30.0. The van der Waals surface area contributed by atoms with Crippen molar-refractivity contribution in [2.24, 2.45) is 0 Å². The molecule has 11 aromatic rings. The van der Waals surface area contributed by atoms with E-state index in [2.05, 4.69) is 0 Å². The minimum absolute atomic E-state index is 0.230. The second-order valence-electron chi connectivity index (χ2n) is 11.0. The molecule has 2 nitrogen and oxygen atoms in total. The van der Waals surface area contributed by atoms with Crippen LogP contribution in [0.4, 0.5) is 0 Å². The minimum Gasteiger partial charge on any atom is -0.309 e. The molecule has 3 aromatic heterocycles. The van der Waals surface area contributed by atoms with Crippen molar-refractivity contribution in [3.63, 3.8) is 0 Å². The molecule has 238 valence electrons. The van der Waals surface area contributed by atoms with Gasteiger partial charge in [-0.1, -0.05) is 121 Å². The number of hydrogen-bond donors (Lipinski definition) is 0. The van der Waals surface area contributed by atoms with Crippen molar-refractivity contribution in [3.8, 4) is 33.6 Å². The average Bonchev–Trinajstić information content (AvgIpc) is 2.75. The van der Waals surface area contributed by atoms with E-state index in [1.807, 2.05) is 0 Å². The highest BCUT2D eigenvalue weighted by Gasteiger charge is 2.21. The summed E-state index contributed by atoms with van der Waals surface area (Å²) in [6.07, 6.45) is 0. The third-order valence-electron chi connectivity index (χ3n) is 8.36. The molecule has 0 saturated heterocycles. The third-order valence-corrected chi connectivity index (χ3v) is 9.38. The van der Waals surface area contributed by atoms with E-state index in [0.29, 0.717) is 11.3 Å². The highest BCUT2D eigenvalue weighted by Crippen LogP contribution is 2.45. The van der Waals surface area contributed by atoms with Crippen molar-refractivity contribution < 1.29 is 41.1 Å². The second-order valence-corrected chi connectivity index (χ2v) is 12.0. The zero-order valence-corrected chi connectivity index (χ0v) is 26.1. The van der Waals surface area contributed by atoms with Crippen LogP contribution in [-0.2, 0) is 0 Å². The molecule has 11 rings (SSSR count). The first kappa shape index (κ1) is 11.8. The van der Waals surface area contributed by atoms with Gasteiger partial charge in [-0.25, -0.2) is 0 Å². The van der Waals surface area contributed by atoms with Gasteiger partial charge in [-0.15, -0.1) is 11.3 Å². The van der Waals surface area contributed by atoms with Crippen molar-refractivity contribution in [2.45, 2.75) is 0 Å². The van der Waals surface area contributed by atoms with E-state index in [4.69, 9.17) is 26.0 Å². The Kier molecular flexibility index (Phi) is 2.56. The lowest BCUT2D eigenvalue weighted by molar-refractivity contribution is 1.18. The van der Waals surface area contributed by atoms with Crippen LogP contribution in [-0.4, -0.2) is 9.13 Å². The first-order valence-corrected chi connectivity index (χ1v) is 15.8. The maximum absolute atomic E-state index is 10.1. The summed E-state index contributed by atoms with van der Waals surface area (Å²) in [5, 5.41) is -3.31. The molecule has 0 unspecified atom stereocenters. The highest BCUT2D eigenvalue weighted by molar-refractivity contribution is 7.25. The summed E-state index contributed by atoms with van der Waals surface area (Å²) in [6.45, 7) is 0. The SMILES string of the molecule is [2H]c1c([2H])c([2H])c(-c2c([2H])c([2H])c3sc4c([2H])c([2H])c([2H])c([2H])c4c3c2-n2c3c([2H])c([2H])c([2H])c([2H])c3c3c([2H])c(-c4c([2H])c([2H])c5c(c4[2H])c4c([2H])c([2H])c([2H])c([2H])c4n5-c4c([2H])c([2H])c([2H])c([2H])c4[2H])c([2H])c([2H])c32)c([2H])c1[2H]. The number of thiophene rings is 1. The number of para-hydroxylation sites is 3. The lowest BCUT2D eigenvalue weighted by Gasteiger charge is -2.16. The number of fused-ring (bicyclic) bond motifs is 9. The summed E-state index contributed by atoms with van der Waals surface area (Å²) in [7, 11) is 0. The van der Waals surface area contributed by atoms with E-state index in [0.717, 1.165) is 9.13 Å². The van der Waals surface area contributed by atoms with E-state index in [1.165, 1.54) is 0 Å². The van der Waals surface area contributed by atoms with Crippen LogP contribution >= 0.6 is 11.3 Å². The van der Waals surface area contributed by atoms with Gasteiger partial charge in [0.15, 0.2) is 0 Å². The molecule has 0 radical (unpaired) electrons. The summed E-state index contributed by atoms with van der Waals surface area (Å²) < 4.78 is 273. The van der Waals surface area contributed by atoms with Crippen molar-refractivity contribution in [1.29, 1.82) is 0 Å². The molecule has 0 amide bonds. The fourth-order valence-electron chi connectivity index (χ4n) is 6.30. The van der Waals surface area contributed by atoms with Gasteiger partial charge in [0, 0.05) is 53.0 Å². The van der Waals surface area contributed by atoms with E-state index in [-0.39, 0.29) is 14.8 Å². The first-order chi connectivity index (χ1) is 37.8. The Bertz CT molecular complexity index is 4820. The molecular formula is C48H30N2S. The van der Waals surface area contributed by atoms with Crippen LogP contribution in [0.15, 0.2) is 181 Å². The predicted octanol–water partition coefficient (Wildman–Crippen LogP) is 13.6. The number of benzene rings is 8. The van der Waals surface area contributed by atoms with Crippen molar-refractivity contribution in [3.05, 3.63) is 181 Å². The molecule has 0 N–H and O–H groups in total. The van der Waals surface area contributed by atoms with Gasteiger partial charge in [0.2, 0.25) is 0 Å². The normalized spacial score (nSPS) is 20.2. The Morgan fingerprint density at radius 1 is 0.373 bits per heavy atom. The maximum Gasteiger partial charge on any atom is 0.0645 e. The average molecular weight is 697 g/mol. The summed E-state index contributed by atoms with van der Waals surface area (Å²) >= 11 is 0.588. The Morgan fingerprint density at radius 2 is 0.902 bits per heavy atom. The topological polar surface area (TPSA) is 9.86 Å². The molecule has 8 aromatic carbocycles. The Balaban J connectivity index is 1.42. The molecule has 3 heterocycles. The minimum atomic E-state index is -1.09. The molecule has 0 aliphatic heterocycles. The monoisotopic (exact) mass is 696 g/mol. The molecule has 0 fully saturated rings. The molecule has 0 aliphatic carbocycles. The van der Waals surface area contributed by atoms with Gasteiger partial charge < -0.3 is 9.13 Å². The van der Waals surface area contributed by atoms with Crippen LogP contribution in [0.2, 0.25) is 0 Å². The quantitative estimate of drug-likeness (QED) is 0.173. The molecule has 3 heteroatoms. The number of nitrogens with zero attached hydrogens (tertiary/aromatic N) is 2. The van der Waals surface area contributed by atoms with Gasteiger partial charge in [0.1, 0.15) is 0 Å². The molecule has 0 atom stereocenters. The molecule has 0 aliphatic rings. The maximum atomic E-state index is 10.1. The lowest BCUT2D eigenvalue weighted by Crippen LogP contribution is -1.98. The van der Waals surface area contributed by atoms with E-state index in [1.54, 1.807) is 0 Å². The lowest BCUT2D eigenvalue weighted by atomic mass is 9.99. The van der Waals surface area contributed by atoms with Gasteiger partial charge in [0.25, 0.3) is 0 Å². The second kappa shape index (κ2) is 11.0. The largest absolute Gasteiger partial charge is 0.309 e. The fourth-order valence-corrected chi connectivity index (χ4v) is 7.26. The zero-order valence-electron chi connectivity index (χ0n) is 55.3. The zero-order chi connectivity index (χ0) is 59.6. The van der Waals surface area contributed by atoms with Gasteiger partial charge in [-0.3, -0.25) is 0 Å².